The summed E-state index contributed by atoms with van der Waals surface area (Å²) in [6.07, 6.45) is 8.16. The molecule has 0 amide bonds. The highest BCUT2D eigenvalue weighted by atomic mass is 15.2. The highest BCUT2D eigenvalue weighted by Gasteiger charge is 2.17. The van der Waals surface area contributed by atoms with E-state index in [1.807, 2.05) is 29.1 Å². The van der Waals surface area contributed by atoms with Gasteiger partial charge in [-0.15, -0.1) is 10.2 Å². The van der Waals surface area contributed by atoms with Crippen molar-refractivity contribution in [1.82, 2.24) is 24.7 Å². The molecule has 4 heterocycles. The van der Waals surface area contributed by atoms with Crippen LogP contribution in [0.1, 0.15) is 5.56 Å². The second-order valence-electron chi connectivity index (χ2n) is 5.13. The van der Waals surface area contributed by atoms with E-state index in [2.05, 4.69) is 38.2 Å². The van der Waals surface area contributed by atoms with Gasteiger partial charge in [0.15, 0.2) is 5.82 Å². The standard InChI is InChI=1S/C15H14N6/c1-20-6-4-11-8-12(9-17-15(11)20)13-2-3-14(19-18-13)21-7-5-16-10-21/h2-3,5,7-10H,4,6H2,1H3. The topological polar surface area (TPSA) is 59.7 Å². The maximum atomic E-state index is 4.53. The van der Waals surface area contributed by atoms with Gasteiger partial charge in [-0.3, -0.25) is 4.57 Å². The number of nitrogens with zero attached hydrogens (tertiary/aromatic N) is 6. The summed E-state index contributed by atoms with van der Waals surface area (Å²) in [6.45, 7) is 1.02. The minimum Gasteiger partial charge on any atom is -0.359 e. The molecule has 4 rings (SSSR count). The van der Waals surface area contributed by atoms with Crippen molar-refractivity contribution in [1.29, 1.82) is 0 Å². The number of rotatable bonds is 2. The van der Waals surface area contributed by atoms with Gasteiger partial charge >= 0.3 is 0 Å². The summed E-state index contributed by atoms with van der Waals surface area (Å²) in [4.78, 5) is 10.7. The van der Waals surface area contributed by atoms with Crippen LogP contribution in [0.5, 0.6) is 0 Å². The molecule has 3 aromatic heterocycles. The molecule has 0 fully saturated rings. The Morgan fingerprint density at radius 3 is 2.90 bits per heavy atom. The highest BCUT2D eigenvalue weighted by Crippen LogP contribution is 2.28. The third-order valence-electron chi connectivity index (χ3n) is 3.74. The van der Waals surface area contributed by atoms with Gasteiger partial charge in [-0.1, -0.05) is 0 Å². The van der Waals surface area contributed by atoms with Crippen LogP contribution in [0.3, 0.4) is 0 Å². The van der Waals surface area contributed by atoms with Gasteiger partial charge in [-0.25, -0.2) is 9.97 Å². The van der Waals surface area contributed by atoms with Crippen molar-refractivity contribution >= 4 is 5.82 Å². The Morgan fingerprint density at radius 1 is 1.19 bits per heavy atom. The Balaban J connectivity index is 1.68. The number of anilines is 1. The Kier molecular flexibility index (Phi) is 2.67. The van der Waals surface area contributed by atoms with E-state index in [-0.39, 0.29) is 0 Å². The number of imidazole rings is 1. The lowest BCUT2D eigenvalue weighted by Gasteiger charge is -2.10. The molecular formula is C15H14N6. The van der Waals surface area contributed by atoms with Crippen molar-refractivity contribution < 1.29 is 0 Å². The lowest BCUT2D eigenvalue weighted by Crippen LogP contribution is -2.13. The fraction of sp³-hybridized carbons (Fsp3) is 0.200. The quantitative estimate of drug-likeness (QED) is 0.714. The summed E-state index contributed by atoms with van der Waals surface area (Å²) in [5.74, 6) is 1.83. The van der Waals surface area contributed by atoms with Gasteiger partial charge in [0, 0.05) is 37.7 Å². The predicted octanol–water partition coefficient (Wildman–Crippen LogP) is 1.72. The molecule has 0 saturated heterocycles. The molecule has 6 nitrogen and oxygen atoms in total. The molecule has 0 aliphatic carbocycles. The van der Waals surface area contributed by atoms with Crippen LogP contribution in [0.4, 0.5) is 5.82 Å². The smallest absolute Gasteiger partial charge is 0.160 e. The number of hydrogen-bond acceptors (Lipinski definition) is 5. The Hall–Kier alpha value is -2.76. The van der Waals surface area contributed by atoms with Crippen molar-refractivity contribution in [2.24, 2.45) is 0 Å². The predicted molar refractivity (Wildman–Crippen MR) is 79.4 cm³/mol. The van der Waals surface area contributed by atoms with E-state index in [0.717, 1.165) is 35.9 Å². The zero-order valence-electron chi connectivity index (χ0n) is 11.6. The molecule has 0 unspecified atom stereocenters. The second-order valence-corrected chi connectivity index (χ2v) is 5.13. The first-order valence-corrected chi connectivity index (χ1v) is 6.84. The van der Waals surface area contributed by atoms with E-state index in [0.29, 0.717) is 0 Å². The first-order chi connectivity index (χ1) is 10.3. The molecule has 6 heteroatoms. The molecule has 21 heavy (non-hydrogen) atoms. The number of fused-ring (bicyclic) bond motifs is 1. The van der Waals surface area contributed by atoms with E-state index in [1.54, 1.807) is 12.5 Å². The van der Waals surface area contributed by atoms with Crippen molar-refractivity contribution in [3.8, 4) is 17.1 Å². The zero-order chi connectivity index (χ0) is 14.2. The van der Waals surface area contributed by atoms with Crippen LogP contribution < -0.4 is 4.90 Å². The maximum absolute atomic E-state index is 4.53. The van der Waals surface area contributed by atoms with Crippen LogP contribution in [0, 0.1) is 0 Å². The molecule has 1 aliphatic heterocycles. The summed E-state index contributed by atoms with van der Waals surface area (Å²) >= 11 is 0. The minimum absolute atomic E-state index is 0.755. The monoisotopic (exact) mass is 278 g/mol. The summed E-state index contributed by atoms with van der Waals surface area (Å²) in [7, 11) is 2.07. The van der Waals surface area contributed by atoms with Crippen LogP contribution in [0.2, 0.25) is 0 Å². The largest absolute Gasteiger partial charge is 0.359 e. The maximum Gasteiger partial charge on any atom is 0.160 e. The van der Waals surface area contributed by atoms with Crippen LogP contribution >= 0.6 is 0 Å². The van der Waals surface area contributed by atoms with Gasteiger partial charge in [-0.2, -0.15) is 0 Å². The van der Waals surface area contributed by atoms with Gasteiger partial charge in [0.1, 0.15) is 12.1 Å². The molecule has 0 atom stereocenters. The second kappa shape index (κ2) is 4.66. The first kappa shape index (κ1) is 12.0. The van der Waals surface area contributed by atoms with E-state index >= 15 is 0 Å². The molecule has 3 aromatic rings. The molecule has 104 valence electrons. The number of likely N-dealkylation sites (N-methyl/N-ethyl adjacent to an activating group) is 1. The Labute approximate surface area is 122 Å². The minimum atomic E-state index is 0.755. The van der Waals surface area contributed by atoms with E-state index < -0.39 is 0 Å². The summed E-state index contributed by atoms with van der Waals surface area (Å²) in [5.41, 5.74) is 3.12. The fourth-order valence-corrected chi connectivity index (χ4v) is 2.58. The summed E-state index contributed by atoms with van der Waals surface area (Å²) in [6, 6.07) is 6.06. The van der Waals surface area contributed by atoms with Gasteiger partial charge in [-0.05, 0) is 30.2 Å². The molecular weight excluding hydrogens is 264 g/mol. The average Bonchev–Trinajstić information content (AvgIpc) is 3.18. The van der Waals surface area contributed by atoms with Gasteiger partial charge in [0.05, 0.1) is 5.69 Å². The molecule has 0 spiro atoms. The van der Waals surface area contributed by atoms with E-state index in [9.17, 15) is 0 Å². The third-order valence-corrected chi connectivity index (χ3v) is 3.74. The van der Waals surface area contributed by atoms with Crippen molar-refractivity contribution in [3.63, 3.8) is 0 Å². The highest BCUT2D eigenvalue weighted by molar-refractivity contribution is 5.64. The van der Waals surface area contributed by atoms with E-state index in [1.165, 1.54) is 5.56 Å². The zero-order valence-corrected chi connectivity index (χ0v) is 11.6. The van der Waals surface area contributed by atoms with Crippen LogP contribution in [0.25, 0.3) is 17.1 Å². The summed E-state index contributed by atoms with van der Waals surface area (Å²) < 4.78 is 1.83. The number of hydrogen-bond donors (Lipinski definition) is 0. The van der Waals surface area contributed by atoms with Gasteiger partial charge in [0.2, 0.25) is 0 Å². The fourth-order valence-electron chi connectivity index (χ4n) is 2.58. The van der Waals surface area contributed by atoms with Crippen molar-refractivity contribution in [2.75, 3.05) is 18.5 Å². The van der Waals surface area contributed by atoms with Crippen LogP contribution in [0.15, 0.2) is 43.1 Å². The van der Waals surface area contributed by atoms with Crippen LogP contribution in [-0.4, -0.2) is 38.3 Å². The van der Waals surface area contributed by atoms with Crippen molar-refractivity contribution in [2.45, 2.75) is 6.42 Å². The first-order valence-electron chi connectivity index (χ1n) is 6.84. The van der Waals surface area contributed by atoms with Crippen molar-refractivity contribution in [3.05, 3.63) is 48.7 Å². The van der Waals surface area contributed by atoms with Gasteiger partial charge < -0.3 is 4.90 Å². The SMILES string of the molecule is CN1CCc2cc(-c3ccc(-n4ccnc4)nn3)cnc21. The third kappa shape index (κ3) is 2.05. The molecule has 0 aromatic carbocycles. The number of aromatic nitrogens is 5. The lowest BCUT2D eigenvalue weighted by molar-refractivity contribution is 0.915. The average molecular weight is 278 g/mol. The Morgan fingerprint density at radius 2 is 2.14 bits per heavy atom. The molecule has 0 saturated carbocycles. The molecule has 0 bridgehead atoms. The summed E-state index contributed by atoms with van der Waals surface area (Å²) in [5, 5.41) is 8.54. The van der Waals surface area contributed by atoms with Gasteiger partial charge in [0.25, 0.3) is 0 Å². The van der Waals surface area contributed by atoms with E-state index in [4.69, 9.17) is 0 Å². The number of pyridine rings is 1. The molecule has 1 aliphatic rings. The molecule has 0 N–H and O–H groups in total. The molecule has 0 radical (unpaired) electrons. The lowest BCUT2D eigenvalue weighted by atomic mass is 10.1. The van der Waals surface area contributed by atoms with Crippen LogP contribution in [-0.2, 0) is 6.42 Å². The normalized spacial score (nSPS) is 13.5. The Bertz CT molecular complexity index is 763.